The van der Waals surface area contributed by atoms with Crippen LogP contribution in [0, 0.1) is 17.7 Å². The number of piperidine rings is 1. The van der Waals surface area contributed by atoms with Gasteiger partial charge in [0.1, 0.15) is 5.82 Å². The molecule has 2 saturated heterocycles. The van der Waals surface area contributed by atoms with Crippen LogP contribution in [0.4, 0.5) is 4.39 Å². The number of rotatable bonds is 5. The predicted molar refractivity (Wildman–Crippen MR) is 91.6 cm³/mol. The molecule has 2 fully saturated rings. The molecule has 0 aromatic heterocycles. The number of amides is 2. The fourth-order valence-electron chi connectivity index (χ4n) is 3.47. The van der Waals surface area contributed by atoms with Gasteiger partial charge in [0.05, 0.1) is 0 Å². The van der Waals surface area contributed by atoms with Gasteiger partial charge in [-0.1, -0.05) is 0 Å². The van der Waals surface area contributed by atoms with E-state index >= 15 is 0 Å². The molecule has 1 aromatic rings. The Balaban J connectivity index is 1.40. The third-order valence-corrected chi connectivity index (χ3v) is 5.12. The van der Waals surface area contributed by atoms with E-state index in [1.165, 1.54) is 24.3 Å². The van der Waals surface area contributed by atoms with Gasteiger partial charge >= 0.3 is 0 Å². The fraction of sp³-hybridized carbons (Fsp3) is 0.579. The first kappa shape index (κ1) is 17.9. The Bertz CT molecular complexity index is 591. The van der Waals surface area contributed by atoms with Gasteiger partial charge < -0.3 is 15.0 Å². The number of nitrogens with one attached hydrogen (secondary N) is 1. The molecular weight excluding hydrogens is 323 g/mol. The van der Waals surface area contributed by atoms with Crippen molar-refractivity contribution in [3.05, 3.63) is 35.6 Å². The summed E-state index contributed by atoms with van der Waals surface area (Å²) in [7, 11) is 0. The second-order valence-corrected chi connectivity index (χ2v) is 6.88. The number of carbonyl (C=O) groups is 2. The summed E-state index contributed by atoms with van der Waals surface area (Å²) in [6.07, 6.45) is 3.39. The summed E-state index contributed by atoms with van der Waals surface area (Å²) in [5, 5.41) is 3.02. The molecule has 0 aliphatic carbocycles. The van der Waals surface area contributed by atoms with E-state index in [0.29, 0.717) is 44.0 Å². The normalized spacial score (nSPS) is 21.3. The third kappa shape index (κ3) is 4.78. The number of nitrogens with zero attached hydrogens (tertiary/aromatic N) is 1. The van der Waals surface area contributed by atoms with E-state index in [4.69, 9.17) is 4.74 Å². The zero-order chi connectivity index (χ0) is 17.6. The molecule has 0 bridgehead atoms. The molecule has 1 N–H and O–H groups in total. The molecule has 2 amide bonds. The molecule has 136 valence electrons. The number of benzene rings is 1. The molecule has 25 heavy (non-hydrogen) atoms. The van der Waals surface area contributed by atoms with Gasteiger partial charge in [-0.2, -0.15) is 0 Å². The first-order chi connectivity index (χ1) is 12.1. The van der Waals surface area contributed by atoms with Gasteiger partial charge in [-0.25, -0.2) is 4.39 Å². The minimum Gasteiger partial charge on any atom is -0.381 e. The highest BCUT2D eigenvalue weighted by atomic mass is 19.1. The minimum absolute atomic E-state index is 0.0305. The quantitative estimate of drug-likeness (QED) is 0.888. The highest BCUT2D eigenvalue weighted by Crippen LogP contribution is 2.20. The molecule has 0 radical (unpaired) electrons. The summed E-state index contributed by atoms with van der Waals surface area (Å²) in [6, 6.07) is 5.60. The van der Waals surface area contributed by atoms with E-state index in [0.717, 1.165) is 26.1 Å². The van der Waals surface area contributed by atoms with Crippen molar-refractivity contribution in [2.24, 2.45) is 11.8 Å². The van der Waals surface area contributed by atoms with Gasteiger partial charge in [-0.05, 0) is 55.9 Å². The van der Waals surface area contributed by atoms with E-state index in [1.807, 2.05) is 0 Å². The maximum atomic E-state index is 13.0. The van der Waals surface area contributed by atoms with E-state index in [-0.39, 0.29) is 23.5 Å². The maximum absolute atomic E-state index is 13.0. The summed E-state index contributed by atoms with van der Waals surface area (Å²) in [5.74, 6) is 0.177. The van der Waals surface area contributed by atoms with E-state index in [1.54, 1.807) is 4.90 Å². The molecule has 0 spiro atoms. The number of likely N-dealkylation sites (tertiary alicyclic amines) is 1. The van der Waals surface area contributed by atoms with Crippen LogP contribution in [0.1, 0.15) is 36.0 Å². The average Bonchev–Trinajstić information content (AvgIpc) is 3.15. The first-order valence-electron chi connectivity index (χ1n) is 9.04. The number of hydrogen-bond acceptors (Lipinski definition) is 3. The highest BCUT2D eigenvalue weighted by Gasteiger charge is 2.28. The first-order valence-corrected chi connectivity index (χ1v) is 9.04. The number of ether oxygens (including phenoxy) is 1. The minimum atomic E-state index is -0.351. The zero-order valence-corrected chi connectivity index (χ0v) is 14.4. The summed E-state index contributed by atoms with van der Waals surface area (Å²) in [5.41, 5.74) is 0.489. The highest BCUT2D eigenvalue weighted by molar-refractivity contribution is 5.94. The van der Waals surface area contributed by atoms with E-state index in [2.05, 4.69) is 5.32 Å². The van der Waals surface area contributed by atoms with Crippen LogP contribution in [-0.4, -0.2) is 49.6 Å². The average molecular weight is 348 g/mol. The van der Waals surface area contributed by atoms with Crippen molar-refractivity contribution in [3.8, 4) is 0 Å². The second kappa shape index (κ2) is 8.43. The Morgan fingerprint density at radius 3 is 2.52 bits per heavy atom. The van der Waals surface area contributed by atoms with Gasteiger partial charge in [0.2, 0.25) is 5.91 Å². The molecule has 2 aliphatic heterocycles. The molecule has 6 heteroatoms. The van der Waals surface area contributed by atoms with Crippen molar-refractivity contribution in [2.45, 2.75) is 25.7 Å². The lowest BCUT2D eigenvalue weighted by atomic mass is 9.95. The summed E-state index contributed by atoms with van der Waals surface area (Å²) >= 11 is 0. The lowest BCUT2D eigenvalue weighted by Crippen LogP contribution is -2.43. The van der Waals surface area contributed by atoms with Gasteiger partial charge in [0.15, 0.2) is 0 Å². The molecule has 2 heterocycles. The lowest BCUT2D eigenvalue weighted by Gasteiger charge is -2.31. The molecule has 3 rings (SSSR count). The molecule has 5 nitrogen and oxygen atoms in total. The van der Waals surface area contributed by atoms with Crippen LogP contribution in [0.3, 0.4) is 0 Å². The maximum Gasteiger partial charge on any atom is 0.253 e. The van der Waals surface area contributed by atoms with Crippen LogP contribution in [0.2, 0.25) is 0 Å². The molecule has 1 atom stereocenters. The van der Waals surface area contributed by atoms with Crippen molar-refractivity contribution in [1.82, 2.24) is 10.2 Å². The van der Waals surface area contributed by atoms with E-state index < -0.39 is 0 Å². The van der Waals surface area contributed by atoms with Gasteiger partial charge in [0.25, 0.3) is 5.91 Å². The summed E-state index contributed by atoms with van der Waals surface area (Å²) in [6.45, 7) is 3.45. The Labute approximate surface area is 147 Å². The van der Waals surface area contributed by atoms with Gasteiger partial charge in [0, 0.05) is 44.3 Å². The van der Waals surface area contributed by atoms with Crippen LogP contribution in [-0.2, 0) is 9.53 Å². The van der Waals surface area contributed by atoms with Crippen molar-refractivity contribution in [3.63, 3.8) is 0 Å². The van der Waals surface area contributed by atoms with Crippen molar-refractivity contribution >= 4 is 11.8 Å². The van der Waals surface area contributed by atoms with E-state index in [9.17, 15) is 14.0 Å². The number of halogens is 1. The molecule has 0 unspecified atom stereocenters. The van der Waals surface area contributed by atoms with Crippen molar-refractivity contribution < 1.29 is 18.7 Å². The smallest absolute Gasteiger partial charge is 0.253 e. The van der Waals surface area contributed by atoms with Crippen LogP contribution < -0.4 is 5.32 Å². The summed E-state index contributed by atoms with van der Waals surface area (Å²) in [4.78, 5) is 26.4. The number of hydrogen-bond donors (Lipinski definition) is 1. The lowest BCUT2D eigenvalue weighted by molar-refractivity contribution is -0.126. The monoisotopic (exact) mass is 348 g/mol. The molecule has 2 aliphatic rings. The van der Waals surface area contributed by atoms with Crippen molar-refractivity contribution in [2.75, 3.05) is 32.8 Å². The summed E-state index contributed by atoms with van der Waals surface area (Å²) < 4.78 is 18.3. The predicted octanol–water partition coefficient (Wildman–Crippen LogP) is 2.22. The molecule has 1 aromatic carbocycles. The van der Waals surface area contributed by atoms with Crippen LogP contribution in [0.5, 0.6) is 0 Å². The SMILES string of the molecule is O=C(NCC[C@H]1CCOC1)C1CCN(C(=O)c2ccc(F)cc2)CC1. The Morgan fingerprint density at radius 1 is 1.16 bits per heavy atom. The molecular formula is C19H25FN2O3. The Hall–Kier alpha value is -1.95. The topological polar surface area (TPSA) is 58.6 Å². The van der Waals surface area contributed by atoms with Crippen LogP contribution in [0.15, 0.2) is 24.3 Å². The van der Waals surface area contributed by atoms with Crippen molar-refractivity contribution in [1.29, 1.82) is 0 Å². The third-order valence-electron chi connectivity index (χ3n) is 5.12. The standard InChI is InChI=1S/C19H25FN2O3/c20-17-3-1-16(2-4-17)19(24)22-10-6-15(7-11-22)18(23)21-9-5-14-8-12-25-13-14/h1-4,14-15H,5-13H2,(H,21,23)/t14-/m0/s1. The Kier molecular flexibility index (Phi) is 6.02. The zero-order valence-electron chi connectivity index (χ0n) is 14.4. The second-order valence-electron chi connectivity index (χ2n) is 6.88. The Morgan fingerprint density at radius 2 is 1.88 bits per heavy atom. The largest absolute Gasteiger partial charge is 0.381 e. The fourth-order valence-corrected chi connectivity index (χ4v) is 3.47. The van der Waals surface area contributed by atoms with Gasteiger partial charge in [-0.3, -0.25) is 9.59 Å². The van der Waals surface area contributed by atoms with Crippen LogP contribution >= 0.6 is 0 Å². The molecule has 0 saturated carbocycles. The number of carbonyl (C=O) groups excluding carboxylic acids is 2. The van der Waals surface area contributed by atoms with Crippen LogP contribution in [0.25, 0.3) is 0 Å². The van der Waals surface area contributed by atoms with Gasteiger partial charge in [-0.15, -0.1) is 0 Å².